The average Bonchev–Trinajstić information content (AvgIpc) is 2.64. The predicted octanol–water partition coefficient (Wildman–Crippen LogP) is -2.42. The maximum Gasteiger partial charge on any atom is 0.368 e. The van der Waals surface area contributed by atoms with Gasteiger partial charge in [-0.25, -0.2) is 4.79 Å². The monoisotopic (exact) mass is 295 g/mol. The van der Waals surface area contributed by atoms with Crippen LogP contribution in [0, 0.1) is 11.8 Å². The molecule has 5 atom stereocenters. The molecule has 1 unspecified atom stereocenters. The second-order valence-corrected chi connectivity index (χ2v) is 4.85. The van der Waals surface area contributed by atoms with Crippen LogP contribution in [-0.4, -0.2) is 48.8 Å². The number of aliphatic hydroxyl groups excluding tert-OH is 2. The van der Waals surface area contributed by atoms with Gasteiger partial charge >= 0.3 is 5.69 Å². The number of anilines is 1. The Bertz CT molecular complexity index is 649. The van der Waals surface area contributed by atoms with Crippen LogP contribution >= 0.6 is 0 Å². The van der Waals surface area contributed by atoms with Crippen LogP contribution in [0.5, 0.6) is 0 Å². The first-order valence-corrected chi connectivity index (χ1v) is 6.27. The first-order chi connectivity index (χ1) is 9.81. The molecular weight excluding hydrogens is 278 g/mol. The number of nitrogens with two attached hydrogens (primary N) is 2. The topological polar surface area (TPSA) is 150 Å². The van der Waals surface area contributed by atoms with E-state index in [1.807, 2.05) is 0 Å². The summed E-state index contributed by atoms with van der Waals surface area (Å²) in [6.07, 6.45) is -3.36. The zero-order valence-electron chi connectivity index (χ0n) is 11.6. The maximum atomic E-state index is 11.9. The van der Waals surface area contributed by atoms with Gasteiger partial charge in [-0.1, -0.05) is 5.92 Å². The van der Waals surface area contributed by atoms with Crippen LogP contribution in [0.15, 0.2) is 11.0 Å². The number of aliphatic hydroxyl groups is 2. The standard InChI is InChI=1S/C12H17N5O4/c1-3-4-12(14)9(19)8(6(2)18)21-10(12)17-11(20)16-7(13)5-15-17/h5-6,8-10,18-19H,14H2,1-2H3,(H2,13,16,20)/t6-,8-,9?,10-,12-/m1/s1. The summed E-state index contributed by atoms with van der Waals surface area (Å²) in [4.78, 5) is 15.4. The molecule has 114 valence electrons. The van der Waals surface area contributed by atoms with Crippen LogP contribution in [-0.2, 0) is 4.74 Å². The van der Waals surface area contributed by atoms with Gasteiger partial charge in [0.2, 0.25) is 0 Å². The second-order valence-electron chi connectivity index (χ2n) is 4.85. The molecule has 2 heterocycles. The normalized spacial score (nSPS) is 33.3. The van der Waals surface area contributed by atoms with Gasteiger partial charge in [-0.15, -0.1) is 5.92 Å². The van der Waals surface area contributed by atoms with E-state index in [0.29, 0.717) is 0 Å². The van der Waals surface area contributed by atoms with Gasteiger partial charge in [-0.2, -0.15) is 14.8 Å². The molecule has 0 amide bonds. The minimum absolute atomic E-state index is 0.0499. The van der Waals surface area contributed by atoms with E-state index in [0.717, 1.165) is 10.9 Å². The number of nitrogens with zero attached hydrogens (tertiary/aromatic N) is 3. The molecule has 1 saturated heterocycles. The van der Waals surface area contributed by atoms with Crippen molar-refractivity contribution in [1.29, 1.82) is 0 Å². The van der Waals surface area contributed by atoms with Crippen molar-refractivity contribution in [3.63, 3.8) is 0 Å². The van der Waals surface area contributed by atoms with Crippen molar-refractivity contribution in [3.05, 3.63) is 16.7 Å². The first kappa shape index (κ1) is 15.4. The summed E-state index contributed by atoms with van der Waals surface area (Å²) < 4.78 is 6.36. The quantitative estimate of drug-likeness (QED) is 0.440. The Hall–Kier alpha value is -1.99. The lowest BCUT2D eigenvalue weighted by Gasteiger charge is -2.27. The van der Waals surface area contributed by atoms with E-state index in [4.69, 9.17) is 16.2 Å². The Balaban J connectivity index is 2.54. The predicted molar refractivity (Wildman–Crippen MR) is 72.7 cm³/mol. The van der Waals surface area contributed by atoms with Crippen LogP contribution in [0.4, 0.5) is 5.82 Å². The number of ether oxygens (including phenoxy) is 1. The highest BCUT2D eigenvalue weighted by Crippen LogP contribution is 2.36. The molecule has 0 aliphatic carbocycles. The van der Waals surface area contributed by atoms with Gasteiger partial charge in [0, 0.05) is 0 Å². The summed E-state index contributed by atoms with van der Waals surface area (Å²) in [5.41, 5.74) is 9.09. The van der Waals surface area contributed by atoms with E-state index in [1.165, 1.54) is 13.8 Å². The maximum absolute atomic E-state index is 11.9. The zero-order chi connectivity index (χ0) is 15.8. The Labute approximate surface area is 120 Å². The van der Waals surface area contributed by atoms with Gasteiger partial charge in [0.1, 0.15) is 18.0 Å². The number of aromatic nitrogens is 3. The molecule has 1 aliphatic heterocycles. The number of rotatable bonds is 2. The van der Waals surface area contributed by atoms with E-state index >= 15 is 0 Å². The fourth-order valence-corrected chi connectivity index (χ4v) is 2.27. The van der Waals surface area contributed by atoms with Crippen LogP contribution in [0.2, 0.25) is 0 Å². The molecule has 1 aromatic rings. The Morgan fingerprint density at radius 1 is 1.62 bits per heavy atom. The van der Waals surface area contributed by atoms with E-state index in [1.54, 1.807) is 0 Å². The molecule has 1 fully saturated rings. The fourth-order valence-electron chi connectivity index (χ4n) is 2.27. The third kappa shape index (κ3) is 2.50. The molecule has 0 spiro atoms. The van der Waals surface area contributed by atoms with E-state index in [9.17, 15) is 15.0 Å². The van der Waals surface area contributed by atoms with Gasteiger partial charge in [-0.3, -0.25) is 0 Å². The van der Waals surface area contributed by atoms with Crippen molar-refractivity contribution in [1.82, 2.24) is 14.8 Å². The smallest absolute Gasteiger partial charge is 0.368 e. The zero-order valence-corrected chi connectivity index (χ0v) is 11.6. The van der Waals surface area contributed by atoms with E-state index in [-0.39, 0.29) is 5.82 Å². The highest BCUT2D eigenvalue weighted by molar-refractivity contribution is 5.26. The molecule has 6 N–H and O–H groups in total. The average molecular weight is 295 g/mol. The Morgan fingerprint density at radius 3 is 2.81 bits per heavy atom. The molecule has 21 heavy (non-hydrogen) atoms. The van der Waals surface area contributed by atoms with Crippen LogP contribution < -0.4 is 17.2 Å². The largest absolute Gasteiger partial charge is 0.391 e. The third-order valence-electron chi connectivity index (χ3n) is 3.27. The summed E-state index contributed by atoms with van der Waals surface area (Å²) in [6, 6.07) is 0. The third-order valence-corrected chi connectivity index (χ3v) is 3.27. The molecule has 0 saturated carbocycles. The summed E-state index contributed by atoms with van der Waals surface area (Å²) in [5.74, 6) is 5.16. The summed E-state index contributed by atoms with van der Waals surface area (Å²) in [5, 5.41) is 23.8. The minimum Gasteiger partial charge on any atom is -0.391 e. The highest BCUT2D eigenvalue weighted by atomic mass is 16.6. The molecule has 1 aliphatic rings. The summed E-state index contributed by atoms with van der Waals surface area (Å²) in [6.45, 7) is 2.97. The van der Waals surface area contributed by atoms with Gasteiger partial charge < -0.3 is 26.4 Å². The lowest BCUT2D eigenvalue weighted by atomic mass is 9.90. The minimum atomic E-state index is -1.61. The van der Waals surface area contributed by atoms with Crippen molar-refractivity contribution < 1.29 is 14.9 Å². The van der Waals surface area contributed by atoms with Crippen LogP contribution in [0.3, 0.4) is 0 Å². The Kier molecular flexibility index (Phi) is 3.97. The van der Waals surface area contributed by atoms with Crippen molar-refractivity contribution in [2.24, 2.45) is 5.73 Å². The summed E-state index contributed by atoms with van der Waals surface area (Å²) >= 11 is 0. The molecule has 0 aromatic carbocycles. The SMILES string of the molecule is CC#C[C@@]1(N)C(O)[C@@H]([C@@H](C)O)O[C@H]1n1ncc(N)nc1=O. The fraction of sp³-hybridized carbons (Fsp3) is 0.583. The number of hydrogen-bond donors (Lipinski definition) is 4. The molecule has 0 radical (unpaired) electrons. The molecule has 2 rings (SSSR count). The van der Waals surface area contributed by atoms with E-state index < -0.39 is 35.8 Å². The highest BCUT2D eigenvalue weighted by Gasteiger charge is 2.56. The number of hydrogen-bond acceptors (Lipinski definition) is 8. The van der Waals surface area contributed by atoms with Gasteiger partial charge in [0.15, 0.2) is 11.8 Å². The van der Waals surface area contributed by atoms with Gasteiger partial charge in [0.05, 0.1) is 12.3 Å². The van der Waals surface area contributed by atoms with Gasteiger partial charge in [-0.05, 0) is 13.8 Å². The Morgan fingerprint density at radius 2 is 2.29 bits per heavy atom. The van der Waals surface area contributed by atoms with Crippen LogP contribution in [0.25, 0.3) is 0 Å². The van der Waals surface area contributed by atoms with Crippen LogP contribution in [0.1, 0.15) is 20.1 Å². The first-order valence-electron chi connectivity index (χ1n) is 6.27. The van der Waals surface area contributed by atoms with Crippen molar-refractivity contribution in [2.45, 2.75) is 43.9 Å². The molecule has 0 bridgehead atoms. The molecular formula is C12H17N5O4. The summed E-state index contributed by atoms with van der Waals surface area (Å²) in [7, 11) is 0. The lowest BCUT2D eigenvalue weighted by Crippen LogP contribution is -2.55. The van der Waals surface area contributed by atoms with Gasteiger partial charge in [0.25, 0.3) is 0 Å². The van der Waals surface area contributed by atoms with Crippen molar-refractivity contribution in [2.75, 3.05) is 5.73 Å². The van der Waals surface area contributed by atoms with Crippen molar-refractivity contribution >= 4 is 5.82 Å². The molecule has 1 aromatic heterocycles. The molecule has 9 nitrogen and oxygen atoms in total. The van der Waals surface area contributed by atoms with Crippen molar-refractivity contribution in [3.8, 4) is 11.8 Å². The second kappa shape index (κ2) is 5.42. The van der Waals surface area contributed by atoms with E-state index in [2.05, 4.69) is 21.9 Å². The number of nitrogen functional groups attached to an aromatic ring is 1. The lowest BCUT2D eigenvalue weighted by molar-refractivity contribution is -0.0816. The molecule has 9 heteroatoms.